The second-order valence-electron chi connectivity index (χ2n) is 9.49. The lowest BCUT2D eigenvalue weighted by Gasteiger charge is -2.42. The number of nitrogens with zero attached hydrogens (tertiary/aromatic N) is 4. The molecule has 33 heavy (non-hydrogen) atoms. The first kappa shape index (κ1) is 25.4. The Labute approximate surface area is 200 Å². The van der Waals surface area contributed by atoms with Gasteiger partial charge in [0, 0.05) is 64.4 Å². The van der Waals surface area contributed by atoms with Crippen LogP contribution in [0.25, 0.3) is 0 Å². The van der Waals surface area contributed by atoms with Crippen molar-refractivity contribution < 1.29 is 9.53 Å². The number of ether oxygens (including phenoxy) is 1. The number of likely N-dealkylation sites (N-methyl/N-ethyl adjacent to an activating group) is 1. The van der Waals surface area contributed by atoms with Crippen LogP contribution in [0.2, 0.25) is 0 Å². The minimum atomic E-state index is -0.258. The zero-order valence-corrected chi connectivity index (χ0v) is 21.2. The van der Waals surface area contributed by atoms with E-state index in [0.29, 0.717) is 12.5 Å². The lowest BCUT2D eigenvalue weighted by atomic mass is 9.93. The summed E-state index contributed by atoms with van der Waals surface area (Å²) in [5.41, 5.74) is 3.33. The Kier molecular flexibility index (Phi) is 9.03. The van der Waals surface area contributed by atoms with E-state index in [0.717, 1.165) is 63.7 Å². The first-order valence-electron chi connectivity index (χ1n) is 12.6. The number of benzene rings is 1. The summed E-state index contributed by atoms with van der Waals surface area (Å²) in [4.78, 5) is 21.9. The Morgan fingerprint density at radius 1 is 1.33 bits per heavy atom. The molecule has 0 radical (unpaired) electrons. The zero-order chi connectivity index (χ0) is 24.0. The van der Waals surface area contributed by atoms with Crippen molar-refractivity contribution in [2.24, 2.45) is 0 Å². The molecule has 0 bridgehead atoms. The van der Waals surface area contributed by atoms with Crippen molar-refractivity contribution in [3.05, 3.63) is 36.5 Å². The second-order valence-corrected chi connectivity index (χ2v) is 9.49. The molecule has 2 aliphatic heterocycles. The molecule has 2 aliphatic rings. The van der Waals surface area contributed by atoms with Crippen molar-refractivity contribution in [1.29, 1.82) is 0 Å². The van der Waals surface area contributed by atoms with Crippen LogP contribution in [0.5, 0.6) is 0 Å². The first-order chi connectivity index (χ1) is 15.9. The SMILES string of the molecule is C=CN(CCN1CCNC1)CC(CC)c1ccc2c(c1)N(C(=O)OC(C)C)C[C@H](C)N2CC. The monoisotopic (exact) mass is 457 g/mol. The fourth-order valence-electron chi connectivity index (χ4n) is 4.90. The van der Waals surface area contributed by atoms with Crippen LogP contribution in [0.1, 0.15) is 52.5 Å². The molecule has 0 spiro atoms. The van der Waals surface area contributed by atoms with Gasteiger partial charge in [0.2, 0.25) is 0 Å². The average molecular weight is 458 g/mol. The molecule has 1 aromatic carbocycles. The van der Waals surface area contributed by atoms with Crippen molar-refractivity contribution in [2.45, 2.75) is 59.1 Å². The lowest BCUT2D eigenvalue weighted by Crippen LogP contribution is -2.50. The summed E-state index contributed by atoms with van der Waals surface area (Å²) in [6, 6.07) is 6.89. The van der Waals surface area contributed by atoms with Crippen LogP contribution in [-0.4, -0.2) is 80.5 Å². The molecule has 1 unspecified atom stereocenters. The van der Waals surface area contributed by atoms with Crippen LogP contribution in [0.15, 0.2) is 31.0 Å². The number of amides is 1. The predicted octanol–water partition coefficient (Wildman–Crippen LogP) is 4.07. The van der Waals surface area contributed by atoms with E-state index in [1.165, 1.54) is 5.56 Å². The number of hydrogen-bond acceptors (Lipinski definition) is 6. The molecule has 1 saturated heterocycles. The van der Waals surface area contributed by atoms with Crippen LogP contribution >= 0.6 is 0 Å². The summed E-state index contributed by atoms with van der Waals surface area (Å²) in [7, 11) is 0. The summed E-state index contributed by atoms with van der Waals surface area (Å²) < 4.78 is 5.59. The molecule has 3 rings (SSSR count). The van der Waals surface area contributed by atoms with Gasteiger partial charge in [-0.15, -0.1) is 0 Å². The van der Waals surface area contributed by atoms with Gasteiger partial charge in [0.25, 0.3) is 0 Å². The maximum Gasteiger partial charge on any atom is 0.414 e. The van der Waals surface area contributed by atoms with E-state index in [-0.39, 0.29) is 18.2 Å². The van der Waals surface area contributed by atoms with Gasteiger partial charge in [0.1, 0.15) is 0 Å². The number of fused-ring (bicyclic) bond motifs is 1. The number of rotatable bonds is 10. The normalized spacial score (nSPS) is 19.5. The zero-order valence-electron chi connectivity index (χ0n) is 21.2. The third-order valence-electron chi connectivity index (χ3n) is 6.80. The molecule has 7 heteroatoms. The number of carbonyl (C=O) groups is 1. The van der Waals surface area contributed by atoms with Gasteiger partial charge in [0.15, 0.2) is 0 Å². The number of anilines is 2. The van der Waals surface area contributed by atoms with Gasteiger partial charge in [0.05, 0.1) is 17.5 Å². The Hall–Kier alpha value is -2.25. The van der Waals surface area contributed by atoms with Crippen molar-refractivity contribution in [1.82, 2.24) is 15.1 Å². The highest BCUT2D eigenvalue weighted by molar-refractivity contribution is 5.94. The Morgan fingerprint density at radius 2 is 2.12 bits per heavy atom. The lowest BCUT2D eigenvalue weighted by molar-refractivity contribution is 0.122. The van der Waals surface area contributed by atoms with Gasteiger partial charge in [-0.2, -0.15) is 0 Å². The molecule has 0 aromatic heterocycles. The number of carbonyl (C=O) groups excluding carboxylic acids is 1. The van der Waals surface area contributed by atoms with E-state index >= 15 is 0 Å². The topological polar surface area (TPSA) is 51.3 Å². The maximum atomic E-state index is 13.0. The molecule has 184 valence electrons. The number of nitrogens with one attached hydrogen (secondary N) is 1. The molecular weight excluding hydrogens is 414 g/mol. The number of hydrogen-bond donors (Lipinski definition) is 1. The second kappa shape index (κ2) is 11.7. The Balaban J connectivity index is 1.81. The van der Waals surface area contributed by atoms with Gasteiger partial charge in [-0.3, -0.25) is 9.80 Å². The van der Waals surface area contributed by atoms with E-state index in [2.05, 4.69) is 65.6 Å². The van der Waals surface area contributed by atoms with Crippen LogP contribution in [0.4, 0.5) is 16.2 Å². The quantitative estimate of drug-likeness (QED) is 0.572. The van der Waals surface area contributed by atoms with E-state index < -0.39 is 0 Å². The minimum Gasteiger partial charge on any atom is -0.446 e. The van der Waals surface area contributed by atoms with Crippen molar-refractivity contribution in [2.75, 3.05) is 62.3 Å². The van der Waals surface area contributed by atoms with E-state index in [1.807, 2.05) is 24.9 Å². The fraction of sp³-hybridized carbons (Fsp3) is 0.654. The van der Waals surface area contributed by atoms with E-state index in [1.54, 1.807) is 0 Å². The van der Waals surface area contributed by atoms with Crippen molar-refractivity contribution >= 4 is 17.5 Å². The van der Waals surface area contributed by atoms with Gasteiger partial charge in [-0.1, -0.05) is 19.6 Å². The molecular formula is C26H43N5O2. The molecule has 0 aliphatic carbocycles. The first-order valence-corrected chi connectivity index (χ1v) is 12.6. The highest BCUT2D eigenvalue weighted by atomic mass is 16.6. The van der Waals surface area contributed by atoms with Crippen LogP contribution in [0.3, 0.4) is 0 Å². The molecule has 2 atom stereocenters. The van der Waals surface area contributed by atoms with Gasteiger partial charge < -0.3 is 19.9 Å². The average Bonchev–Trinajstić information content (AvgIpc) is 3.32. The Morgan fingerprint density at radius 3 is 2.73 bits per heavy atom. The highest BCUT2D eigenvalue weighted by Gasteiger charge is 2.32. The largest absolute Gasteiger partial charge is 0.446 e. The van der Waals surface area contributed by atoms with Crippen molar-refractivity contribution in [3.8, 4) is 0 Å². The maximum absolute atomic E-state index is 13.0. The van der Waals surface area contributed by atoms with Gasteiger partial charge in [-0.25, -0.2) is 4.79 Å². The third-order valence-corrected chi connectivity index (χ3v) is 6.80. The summed E-state index contributed by atoms with van der Waals surface area (Å²) in [6.45, 7) is 22.1. The van der Waals surface area contributed by atoms with Crippen LogP contribution in [-0.2, 0) is 4.74 Å². The van der Waals surface area contributed by atoms with Crippen LogP contribution in [0, 0.1) is 0 Å². The fourth-order valence-corrected chi connectivity index (χ4v) is 4.90. The predicted molar refractivity (Wildman–Crippen MR) is 137 cm³/mol. The Bertz CT molecular complexity index is 793. The molecule has 1 amide bonds. The minimum absolute atomic E-state index is 0.140. The molecule has 0 saturated carbocycles. The summed E-state index contributed by atoms with van der Waals surface area (Å²) in [6.07, 6.45) is 2.60. The molecule has 1 fully saturated rings. The third kappa shape index (κ3) is 6.21. The molecule has 1 aromatic rings. The summed E-state index contributed by atoms with van der Waals surface area (Å²) >= 11 is 0. The highest BCUT2D eigenvalue weighted by Crippen LogP contribution is 2.38. The van der Waals surface area contributed by atoms with Crippen molar-refractivity contribution in [3.63, 3.8) is 0 Å². The van der Waals surface area contributed by atoms with E-state index in [4.69, 9.17) is 4.74 Å². The summed E-state index contributed by atoms with van der Waals surface area (Å²) in [5.74, 6) is 0.363. The summed E-state index contributed by atoms with van der Waals surface area (Å²) in [5, 5.41) is 3.39. The van der Waals surface area contributed by atoms with Gasteiger partial charge in [-0.05, 0) is 58.0 Å². The van der Waals surface area contributed by atoms with Gasteiger partial charge >= 0.3 is 6.09 Å². The molecule has 2 heterocycles. The smallest absolute Gasteiger partial charge is 0.414 e. The standard InChI is InChI=1S/C26H43N5O2/c1-7-22(18-28(8-2)14-15-29-13-12-27-19-29)23-10-11-24-25(16-23)31(26(32)33-20(4)5)17-21(6)30(24)9-3/h8,10-11,16,20-22,27H,2,7,9,12-15,17-19H2,1,3-6H3/t21-,22?/m0/s1. The van der Waals surface area contributed by atoms with Crippen LogP contribution < -0.4 is 15.1 Å². The van der Waals surface area contributed by atoms with E-state index in [9.17, 15) is 4.79 Å². The molecule has 7 nitrogen and oxygen atoms in total. The molecule has 1 N–H and O–H groups in total.